The van der Waals surface area contributed by atoms with Crippen LogP contribution in [-0.2, 0) is 4.74 Å². The summed E-state index contributed by atoms with van der Waals surface area (Å²) in [6.45, 7) is 6.59. The Bertz CT molecular complexity index is 959. The van der Waals surface area contributed by atoms with E-state index in [0.717, 1.165) is 28.3 Å². The van der Waals surface area contributed by atoms with E-state index in [4.69, 9.17) is 14.6 Å². The fourth-order valence-corrected chi connectivity index (χ4v) is 3.22. The van der Waals surface area contributed by atoms with E-state index in [9.17, 15) is 9.18 Å². The van der Waals surface area contributed by atoms with Crippen molar-refractivity contribution in [3.05, 3.63) is 65.3 Å². The van der Waals surface area contributed by atoms with Crippen molar-refractivity contribution in [2.75, 3.05) is 27.4 Å². The molecule has 1 heterocycles. The van der Waals surface area contributed by atoms with Gasteiger partial charge in [0.1, 0.15) is 23.9 Å². The number of H-pyrrole nitrogens is 1. The predicted molar refractivity (Wildman–Crippen MR) is 112 cm³/mol. The van der Waals surface area contributed by atoms with Crippen molar-refractivity contribution in [1.29, 1.82) is 0 Å². The number of aromatic nitrogens is 1. The Morgan fingerprint density at radius 1 is 1.45 bits per heavy atom. The Hall–Kier alpha value is -2.90. The van der Waals surface area contributed by atoms with E-state index in [2.05, 4.69) is 16.9 Å². The molecular weight excluding hydrogens is 375 g/mol. The first-order valence-corrected chi connectivity index (χ1v) is 9.21. The third-order valence-electron chi connectivity index (χ3n) is 4.56. The molecule has 0 bridgehead atoms. The second-order valence-corrected chi connectivity index (χ2v) is 6.43. The number of aliphatic hydroxyl groups is 1. The minimum absolute atomic E-state index is 0.0346. The first-order chi connectivity index (χ1) is 13.9. The molecule has 1 atom stereocenters. The topological polar surface area (TPSA) is 83.6 Å². The smallest absolute Gasteiger partial charge is 0.186 e. The number of likely N-dealkylation sites (N-methyl/N-ethyl adjacent to an activating group) is 1. The highest BCUT2D eigenvalue weighted by molar-refractivity contribution is 6.12. The molecule has 2 aromatic rings. The van der Waals surface area contributed by atoms with Crippen LogP contribution in [0.15, 0.2) is 54.2 Å². The fraction of sp³-hybridized carbons (Fsp3) is 0.318. The second kappa shape index (κ2) is 10.0. The van der Waals surface area contributed by atoms with Crippen molar-refractivity contribution in [2.24, 2.45) is 0 Å². The number of ether oxygens (including phenoxy) is 2. The zero-order valence-electron chi connectivity index (χ0n) is 17.1. The highest BCUT2D eigenvalue weighted by atomic mass is 19.1. The van der Waals surface area contributed by atoms with Crippen molar-refractivity contribution in [2.45, 2.75) is 19.9 Å². The Morgan fingerprint density at radius 2 is 2.17 bits per heavy atom. The van der Waals surface area contributed by atoms with Gasteiger partial charge in [0.2, 0.25) is 0 Å². The number of carbonyl (C=O) groups is 1. The molecule has 1 unspecified atom stereocenters. The number of methoxy groups -OCH3 is 1. The number of benzene rings is 1. The zero-order chi connectivity index (χ0) is 21.6. The molecule has 2 rings (SSSR count). The summed E-state index contributed by atoms with van der Waals surface area (Å²) in [5.74, 6) is -0.0602. The summed E-state index contributed by atoms with van der Waals surface area (Å²) in [7, 11) is 3.24. The molecule has 156 valence electrons. The van der Waals surface area contributed by atoms with Gasteiger partial charge in [-0.25, -0.2) is 4.39 Å². The minimum Gasteiger partial charge on any atom is -0.496 e. The van der Waals surface area contributed by atoms with Crippen LogP contribution in [0.4, 0.5) is 4.39 Å². The van der Waals surface area contributed by atoms with Gasteiger partial charge in [-0.3, -0.25) is 4.79 Å². The number of rotatable bonds is 10. The number of hydrogen-bond donors (Lipinski definition) is 3. The van der Waals surface area contributed by atoms with Gasteiger partial charge in [0.15, 0.2) is 5.78 Å². The van der Waals surface area contributed by atoms with E-state index in [1.807, 2.05) is 19.1 Å². The van der Waals surface area contributed by atoms with E-state index in [1.54, 1.807) is 33.4 Å². The molecule has 0 saturated carbocycles. The molecule has 7 heteroatoms. The quantitative estimate of drug-likeness (QED) is 0.321. The maximum atomic E-state index is 13.5. The monoisotopic (exact) mass is 402 g/mol. The first-order valence-electron chi connectivity index (χ1n) is 9.21. The van der Waals surface area contributed by atoms with E-state index >= 15 is 0 Å². The molecule has 6 nitrogen and oxygen atoms in total. The van der Waals surface area contributed by atoms with Gasteiger partial charge in [-0.2, -0.15) is 0 Å². The summed E-state index contributed by atoms with van der Waals surface area (Å²) in [4.78, 5) is 16.5. The van der Waals surface area contributed by atoms with Gasteiger partial charge >= 0.3 is 0 Å². The Labute approximate surface area is 169 Å². The number of carbonyl (C=O) groups excluding carboxylic acids is 1. The van der Waals surface area contributed by atoms with E-state index in [-0.39, 0.29) is 24.8 Å². The molecule has 0 radical (unpaired) electrons. The average molecular weight is 402 g/mol. The lowest BCUT2D eigenvalue weighted by Gasteiger charge is -2.21. The molecule has 0 aliphatic heterocycles. The molecule has 29 heavy (non-hydrogen) atoms. The zero-order valence-corrected chi connectivity index (χ0v) is 17.1. The summed E-state index contributed by atoms with van der Waals surface area (Å²) in [6.07, 6.45) is 4.43. The van der Waals surface area contributed by atoms with Crippen molar-refractivity contribution in [3.63, 3.8) is 0 Å². The largest absolute Gasteiger partial charge is 0.496 e. The van der Waals surface area contributed by atoms with Crippen LogP contribution in [-0.4, -0.2) is 49.3 Å². The van der Waals surface area contributed by atoms with Crippen LogP contribution >= 0.6 is 0 Å². The van der Waals surface area contributed by atoms with Crippen molar-refractivity contribution >= 4 is 16.7 Å². The van der Waals surface area contributed by atoms with Gasteiger partial charge in [0.05, 0.1) is 19.8 Å². The third kappa shape index (κ3) is 4.93. The number of nitrogens with one attached hydrogen (secondary N) is 2. The molecule has 1 aromatic heterocycles. The van der Waals surface area contributed by atoms with Crippen molar-refractivity contribution in [3.8, 4) is 5.75 Å². The van der Waals surface area contributed by atoms with Crippen LogP contribution in [0.25, 0.3) is 10.9 Å². The normalized spacial score (nSPS) is 13.4. The molecule has 0 aliphatic rings. The number of aryl methyl sites for hydroxylation is 1. The Balaban J connectivity index is 2.49. The minimum atomic E-state index is -0.786. The first kappa shape index (κ1) is 22.4. The number of hydrogen-bond acceptors (Lipinski definition) is 5. The molecule has 3 N–H and O–H groups in total. The van der Waals surface area contributed by atoms with Crippen LogP contribution in [0.2, 0.25) is 0 Å². The van der Waals surface area contributed by atoms with Crippen LogP contribution < -0.4 is 10.1 Å². The molecule has 0 fully saturated rings. The molecule has 0 saturated heterocycles. The highest BCUT2D eigenvalue weighted by Gasteiger charge is 2.27. The number of aromatic amines is 1. The molecule has 1 aromatic carbocycles. The highest BCUT2D eigenvalue weighted by Crippen LogP contribution is 2.29. The average Bonchev–Trinajstić information content (AvgIpc) is 3.10. The summed E-state index contributed by atoms with van der Waals surface area (Å²) >= 11 is 0. The van der Waals surface area contributed by atoms with Crippen LogP contribution in [0.5, 0.6) is 5.75 Å². The SMILES string of the molecule is C=C(F)/C=C(OCCO)\C(=C/C)C(NC)C(=O)c1c[nH]c2cc(OC)c(C)cc12. The van der Waals surface area contributed by atoms with Gasteiger partial charge in [-0.1, -0.05) is 12.7 Å². The van der Waals surface area contributed by atoms with Gasteiger partial charge in [0, 0.05) is 40.4 Å². The number of ketones is 1. The van der Waals surface area contributed by atoms with Gasteiger partial charge in [-0.05, 0) is 32.5 Å². The number of fused-ring (bicyclic) bond motifs is 1. The Kier molecular flexibility index (Phi) is 7.75. The maximum Gasteiger partial charge on any atom is 0.186 e. The van der Waals surface area contributed by atoms with E-state index < -0.39 is 11.9 Å². The number of allylic oxidation sites excluding steroid dienone is 3. The molecular formula is C22H27FN2O4. The van der Waals surface area contributed by atoms with Crippen molar-refractivity contribution < 1.29 is 23.8 Å². The number of halogens is 1. The van der Waals surface area contributed by atoms with Crippen molar-refractivity contribution in [1.82, 2.24) is 10.3 Å². The predicted octanol–water partition coefficient (Wildman–Crippen LogP) is 3.58. The summed E-state index contributed by atoms with van der Waals surface area (Å²) in [5.41, 5.74) is 2.62. The summed E-state index contributed by atoms with van der Waals surface area (Å²) in [6, 6.07) is 2.95. The second-order valence-electron chi connectivity index (χ2n) is 6.43. The van der Waals surface area contributed by atoms with Crippen LogP contribution in [0.1, 0.15) is 22.8 Å². The van der Waals surface area contributed by atoms with Gasteiger partial charge < -0.3 is 24.9 Å². The Morgan fingerprint density at radius 3 is 2.72 bits per heavy atom. The third-order valence-corrected chi connectivity index (χ3v) is 4.56. The lowest BCUT2D eigenvalue weighted by molar-refractivity contribution is 0.0955. The molecule has 0 aliphatic carbocycles. The fourth-order valence-electron chi connectivity index (χ4n) is 3.22. The standard InChI is InChI=1S/C22H27FN2O4/c1-6-15(20(10-14(3)23)29-8-7-26)21(24-4)22(27)17-12-25-18-11-19(28-5)13(2)9-16(17)18/h6,9-12,21,24-26H,3,7-8H2,1-2,4-5H3/b15-6+,20-10+. The van der Waals surface area contributed by atoms with E-state index in [0.29, 0.717) is 11.1 Å². The molecule has 0 spiro atoms. The van der Waals surface area contributed by atoms with E-state index in [1.165, 1.54) is 0 Å². The number of aliphatic hydroxyl groups excluding tert-OH is 1. The lowest BCUT2D eigenvalue weighted by atomic mass is 9.94. The summed E-state index contributed by atoms with van der Waals surface area (Å²) < 4.78 is 24.3. The molecule has 0 amide bonds. The van der Waals surface area contributed by atoms with Crippen LogP contribution in [0, 0.1) is 6.92 Å². The summed E-state index contributed by atoms with van der Waals surface area (Å²) in [5, 5.41) is 12.8. The van der Waals surface area contributed by atoms with Crippen LogP contribution in [0.3, 0.4) is 0 Å². The lowest BCUT2D eigenvalue weighted by Crippen LogP contribution is -2.37. The van der Waals surface area contributed by atoms with Gasteiger partial charge in [-0.15, -0.1) is 0 Å². The number of Topliss-reactive ketones (excluding diaryl/α,β-unsaturated/α-hetero) is 1. The maximum absolute atomic E-state index is 13.5. The van der Waals surface area contributed by atoms with Gasteiger partial charge in [0.25, 0.3) is 0 Å².